The third kappa shape index (κ3) is 5.50. The van der Waals surface area contributed by atoms with Gasteiger partial charge in [0.15, 0.2) is 11.6 Å². The Kier molecular flexibility index (Phi) is 7.48. The van der Waals surface area contributed by atoms with Crippen molar-refractivity contribution in [1.82, 2.24) is 10.2 Å². The molecule has 0 saturated carbocycles. The number of carbonyl (C=O) groups excluding carboxylic acids is 2. The average molecular weight is 396 g/mol. The van der Waals surface area contributed by atoms with E-state index in [9.17, 15) is 23.2 Å². The quantitative estimate of drug-likeness (QED) is 0.672. The molecule has 0 aliphatic carbocycles. The maximum atomic E-state index is 13.9. The minimum atomic E-state index is -0.997. The van der Waals surface area contributed by atoms with E-state index in [-0.39, 0.29) is 49.1 Å². The molecule has 2 rings (SSSR count). The van der Waals surface area contributed by atoms with Gasteiger partial charge < -0.3 is 15.3 Å². The fraction of sp³-hybridized carbons (Fsp3) is 0.550. The normalized spacial score (nSPS) is 18.8. The number of rotatable bonds is 9. The summed E-state index contributed by atoms with van der Waals surface area (Å²) >= 11 is 0. The number of nitrogens with zero attached hydrogens (tertiary/aromatic N) is 1. The molecule has 0 radical (unpaired) electrons. The first-order valence-electron chi connectivity index (χ1n) is 9.46. The molecule has 0 aromatic heterocycles. The number of aliphatic carboxylic acids is 1. The molecule has 1 aromatic carbocycles. The Morgan fingerprint density at radius 2 is 2.07 bits per heavy atom. The average Bonchev–Trinajstić information content (AvgIpc) is 2.97. The van der Waals surface area contributed by atoms with E-state index in [1.165, 1.54) is 17.0 Å². The van der Waals surface area contributed by atoms with Crippen LogP contribution in [0.1, 0.15) is 51.5 Å². The van der Waals surface area contributed by atoms with Crippen molar-refractivity contribution in [3.8, 4) is 0 Å². The maximum Gasteiger partial charge on any atom is 0.305 e. The molecule has 1 aliphatic rings. The van der Waals surface area contributed by atoms with Gasteiger partial charge in [0.05, 0.1) is 6.42 Å². The molecule has 1 saturated heterocycles. The lowest BCUT2D eigenvalue weighted by atomic mass is 9.96. The number of amides is 2. The van der Waals surface area contributed by atoms with E-state index in [4.69, 9.17) is 5.11 Å². The van der Waals surface area contributed by atoms with Crippen molar-refractivity contribution < 1.29 is 28.3 Å². The number of hydrogen-bond acceptors (Lipinski definition) is 3. The van der Waals surface area contributed by atoms with E-state index in [0.717, 1.165) is 6.07 Å². The highest BCUT2D eigenvalue weighted by molar-refractivity contribution is 5.82. The summed E-state index contributed by atoms with van der Waals surface area (Å²) < 4.78 is 27.4. The third-order valence-corrected chi connectivity index (χ3v) is 5.32. The smallest absolute Gasteiger partial charge is 0.305 e. The summed E-state index contributed by atoms with van der Waals surface area (Å²) in [6.07, 6.45) is 1.21. The van der Waals surface area contributed by atoms with Crippen molar-refractivity contribution >= 4 is 17.8 Å². The van der Waals surface area contributed by atoms with E-state index in [1.807, 2.05) is 13.8 Å². The molecule has 0 bridgehead atoms. The maximum absolute atomic E-state index is 13.9. The molecule has 3 atom stereocenters. The monoisotopic (exact) mass is 396 g/mol. The minimum absolute atomic E-state index is 0.00473. The van der Waals surface area contributed by atoms with Gasteiger partial charge in [-0.3, -0.25) is 14.4 Å². The molecule has 2 amide bonds. The Labute approximate surface area is 162 Å². The molecule has 6 nitrogen and oxygen atoms in total. The van der Waals surface area contributed by atoms with E-state index in [0.29, 0.717) is 12.8 Å². The predicted molar refractivity (Wildman–Crippen MR) is 98.2 cm³/mol. The summed E-state index contributed by atoms with van der Waals surface area (Å²) in [5, 5.41) is 11.8. The summed E-state index contributed by atoms with van der Waals surface area (Å²) in [6.45, 7) is 3.67. The predicted octanol–water partition coefficient (Wildman–Crippen LogP) is 2.85. The van der Waals surface area contributed by atoms with Gasteiger partial charge in [-0.25, -0.2) is 8.78 Å². The Morgan fingerprint density at radius 3 is 2.71 bits per heavy atom. The van der Waals surface area contributed by atoms with E-state index in [1.54, 1.807) is 0 Å². The van der Waals surface area contributed by atoms with Crippen LogP contribution in [0.4, 0.5) is 8.78 Å². The van der Waals surface area contributed by atoms with Crippen LogP contribution in [-0.2, 0) is 20.9 Å². The van der Waals surface area contributed by atoms with E-state index in [2.05, 4.69) is 5.32 Å². The number of carboxylic acids is 1. The van der Waals surface area contributed by atoms with Crippen LogP contribution in [0.25, 0.3) is 0 Å². The van der Waals surface area contributed by atoms with Gasteiger partial charge in [-0.1, -0.05) is 32.4 Å². The van der Waals surface area contributed by atoms with Gasteiger partial charge in [-0.2, -0.15) is 0 Å². The summed E-state index contributed by atoms with van der Waals surface area (Å²) in [7, 11) is 0. The van der Waals surface area contributed by atoms with Crippen molar-refractivity contribution in [3.05, 3.63) is 35.4 Å². The van der Waals surface area contributed by atoms with Crippen LogP contribution in [0.2, 0.25) is 0 Å². The number of carbonyl (C=O) groups is 3. The number of nitrogens with one attached hydrogen (secondary N) is 1. The van der Waals surface area contributed by atoms with E-state index < -0.39 is 29.7 Å². The number of likely N-dealkylation sites (tertiary alicyclic amines) is 1. The first-order chi connectivity index (χ1) is 13.2. The Hall–Kier alpha value is -2.51. The van der Waals surface area contributed by atoms with Crippen molar-refractivity contribution in [2.75, 3.05) is 0 Å². The zero-order valence-electron chi connectivity index (χ0n) is 16.1. The van der Waals surface area contributed by atoms with Gasteiger partial charge in [0.2, 0.25) is 11.8 Å². The van der Waals surface area contributed by atoms with Crippen LogP contribution in [0, 0.1) is 17.6 Å². The highest BCUT2D eigenvalue weighted by Crippen LogP contribution is 2.25. The standard InChI is InChI=1S/C20H26F2N2O4/c1-3-12(2)16(10-19(27)28)23-17(25)9-14-7-8-18(26)24(14)11-13-5-4-6-15(21)20(13)22/h4-6,12,14,16H,3,7-11H2,1-2H3,(H,23,25)(H,27,28)/t12-,14+,16-/m1/s1. The second-order valence-corrected chi connectivity index (χ2v) is 7.29. The molecule has 1 fully saturated rings. The van der Waals surface area contributed by atoms with Crippen LogP contribution in [0.15, 0.2) is 18.2 Å². The molecular weight excluding hydrogens is 370 g/mol. The second kappa shape index (κ2) is 9.61. The number of carboxylic acid groups (broad SMARTS) is 1. The molecule has 1 heterocycles. The zero-order valence-corrected chi connectivity index (χ0v) is 16.1. The SMILES string of the molecule is CC[C@@H](C)[C@@H](CC(=O)O)NC(=O)C[C@@H]1CCC(=O)N1Cc1cccc(F)c1F. The molecular formula is C20H26F2N2O4. The van der Waals surface area contributed by atoms with Crippen LogP contribution >= 0.6 is 0 Å². The van der Waals surface area contributed by atoms with Gasteiger partial charge in [-0.15, -0.1) is 0 Å². The van der Waals surface area contributed by atoms with Crippen LogP contribution in [0.5, 0.6) is 0 Å². The third-order valence-electron chi connectivity index (χ3n) is 5.32. The number of benzene rings is 1. The molecule has 1 aromatic rings. The van der Waals surface area contributed by atoms with Gasteiger partial charge in [0, 0.05) is 37.0 Å². The molecule has 28 heavy (non-hydrogen) atoms. The van der Waals surface area contributed by atoms with Gasteiger partial charge >= 0.3 is 5.97 Å². The molecule has 154 valence electrons. The zero-order chi connectivity index (χ0) is 20.8. The largest absolute Gasteiger partial charge is 0.481 e. The lowest BCUT2D eigenvalue weighted by Gasteiger charge is -2.27. The first kappa shape index (κ1) is 21.8. The highest BCUT2D eigenvalue weighted by Gasteiger charge is 2.34. The number of halogens is 2. The van der Waals surface area contributed by atoms with Gasteiger partial charge in [0.1, 0.15) is 0 Å². The summed E-state index contributed by atoms with van der Waals surface area (Å²) in [6, 6.07) is 2.86. The van der Waals surface area contributed by atoms with Crippen molar-refractivity contribution in [3.63, 3.8) is 0 Å². The Balaban J connectivity index is 2.04. The Morgan fingerprint density at radius 1 is 1.36 bits per heavy atom. The molecule has 2 N–H and O–H groups in total. The van der Waals surface area contributed by atoms with Crippen LogP contribution in [0.3, 0.4) is 0 Å². The molecule has 0 spiro atoms. The second-order valence-electron chi connectivity index (χ2n) is 7.29. The van der Waals surface area contributed by atoms with Gasteiger partial charge in [-0.05, 0) is 18.4 Å². The summed E-state index contributed by atoms with van der Waals surface area (Å²) in [5.74, 6) is -3.55. The minimum Gasteiger partial charge on any atom is -0.481 e. The Bertz CT molecular complexity index is 741. The lowest BCUT2D eigenvalue weighted by molar-refractivity contribution is -0.138. The molecule has 0 unspecified atom stereocenters. The molecule has 1 aliphatic heterocycles. The molecule has 8 heteroatoms. The lowest BCUT2D eigenvalue weighted by Crippen LogP contribution is -2.43. The summed E-state index contributed by atoms with van der Waals surface area (Å²) in [4.78, 5) is 37.1. The fourth-order valence-corrected chi connectivity index (χ4v) is 3.42. The topological polar surface area (TPSA) is 86.7 Å². The van der Waals surface area contributed by atoms with Gasteiger partial charge in [0.25, 0.3) is 0 Å². The van der Waals surface area contributed by atoms with Crippen LogP contribution in [-0.4, -0.2) is 39.9 Å². The fourth-order valence-electron chi connectivity index (χ4n) is 3.42. The number of hydrogen-bond donors (Lipinski definition) is 2. The first-order valence-corrected chi connectivity index (χ1v) is 9.46. The van der Waals surface area contributed by atoms with Crippen molar-refractivity contribution in [2.24, 2.45) is 5.92 Å². The summed E-state index contributed by atoms with van der Waals surface area (Å²) in [5.41, 5.74) is 0.0593. The van der Waals surface area contributed by atoms with Crippen LogP contribution < -0.4 is 5.32 Å². The van der Waals surface area contributed by atoms with Crippen molar-refractivity contribution in [1.29, 1.82) is 0 Å². The van der Waals surface area contributed by atoms with E-state index >= 15 is 0 Å². The van der Waals surface area contributed by atoms with Crippen molar-refractivity contribution in [2.45, 2.75) is 64.6 Å². The highest BCUT2D eigenvalue weighted by atomic mass is 19.2.